The molecule has 1 heterocycles. The summed E-state index contributed by atoms with van der Waals surface area (Å²) >= 11 is 6.52. The van der Waals surface area contributed by atoms with E-state index in [0.717, 1.165) is 0 Å². The number of ether oxygens (including phenoxy) is 3. The van der Waals surface area contributed by atoms with E-state index in [1.165, 1.54) is 6.07 Å². The van der Waals surface area contributed by atoms with Crippen LogP contribution < -0.4 is 19.7 Å². The fourth-order valence-corrected chi connectivity index (χ4v) is 5.25. The second-order valence-corrected chi connectivity index (χ2v) is 12.7. The number of fused-ring (bicyclic) bond motifs is 1. The summed E-state index contributed by atoms with van der Waals surface area (Å²) < 4.78 is 32.7. The number of hydrogen-bond acceptors (Lipinski definition) is 6. The van der Waals surface area contributed by atoms with Gasteiger partial charge in [0.1, 0.15) is 24.6 Å². The standard InChI is InChI=1S/C34H41ClFN3O5.ClH/c1-34(2,3)21-39-27-15-14-23(35)18-25(27)31(24-11-9-13-28(32(24)42-6)43-17-16-38(4)5)44-29(33(39)41)19-30(40)37-20-22-10-7-8-12-26(22)36;/h7-15,18,29,31H,16-17,19-21H2,1-6H3,(H,37,40);1H/t29-,31-;/m0./s1. The molecule has 8 nitrogen and oxygen atoms in total. The van der Waals surface area contributed by atoms with Gasteiger partial charge in [0, 0.05) is 47.0 Å². The van der Waals surface area contributed by atoms with Gasteiger partial charge in [-0.05, 0) is 49.8 Å². The Kier molecular flexibility index (Phi) is 12.6. The number of likely N-dealkylation sites (N-methyl/N-ethyl adjacent to an activating group) is 1. The lowest BCUT2D eigenvalue weighted by Crippen LogP contribution is -2.45. The number of benzene rings is 3. The molecule has 0 bridgehead atoms. The number of anilines is 1. The molecule has 0 aliphatic carbocycles. The van der Waals surface area contributed by atoms with Crippen LogP contribution in [0.3, 0.4) is 0 Å². The van der Waals surface area contributed by atoms with Gasteiger partial charge in [-0.2, -0.15) is 0 Å². The van der Waals surface area contributed by atoms with Gasteiger partial charge in [0.15, 0.2) is 11.5 Å². The highest BCUT2D eigenvalue weighted by Gasteiger charge is 2.40. The Hall–Kier alpha value is -3.37. The molecule has 45 heavy (non-hydrogen) atoms. The summed E-state index contributed by atoms with van der Waals surface area (Å²) in [6.07, 6.45) is -2.25. The Morgan fingerprint density at radius 2 is 1.82 bits per heavy atom. The van der Waals surface area contributed by atoms with Crippen LogP contribution in [-0.4, -0.2) is 63.7 Å². The highest BCUT2D eigenvalue weighted by molar-refractivity contribution is 6.30. The van der Waals surface area contributed by atoms with E-state index in [9.17, 15) is 14.0 Å². The molecule has 2 atom stereocenters. The fraction of sp³-hybridized carbons (Fsp3) is 0.412. The van der Waals surface area contributed by atoms with Crippen molar-refractivity contribution in [2.24, 2.45) is 5.41 Å². The van der Waals surface area contributed by atoms with E-state index in [1.54, 1.807) is 42.3 Å². The number of para-hydroxylation sites is 1. The van der Waals surface area contributed by atoms with Crippen molar-refractivity contribution >= 4 is 41.5 Å². The normalized spacial score (nSPS) is 16.5. The topological polar surface area (TPSA) is 80.3 Å². The van der Waals surface area contributed by atoms with Crippen molar-refractivity contribution in [1.29, 1.82) is 0 Å². The number of nitrogens with one attached hydrogen (secondary N) is 1. The van der Waals surface area contributed by atoms with E-state index >= 15 is 0 Å². The molecule has 1 aliphatic heterocycles. The smallest absolute Gasteiger partial charge is 0.256 e. The summed E-state index contributed by atoms with van der Waals surface area (Å²) in [5.74, 6) is -0.234. The van der Waals surface area contributed by atoms with Gasteiger partial charge in [-0.15, -0.1) is 12.4 Å². The van der Waals surface area contributed by atoms with Gasteiger partial charge in [0.2, 0.25) is 5.91 Å². The van der Waals surface area contributed by atoms with Gasteiger partial charge in [-0.3, -0.25) is 9.59 Å². The Morgan fingerprint density at radius 3 is 2.49 bits per heavy atom. The molecule has 4 rings (SSSR count). The van der Waals surface area contributed by atoms with E-state index in [2.05, 4.69) is 5.32 Å². The molecular formula is C34H42Cl2FN3O5. The zero-order chi connectivity index (χ0) is 32.0. The third-order valence-corrected chi connectivity index (χ3v) is 7.37. The molecular weight excluding hydrogens is 620 g/mol. The van der Waals surface area contributed by atoms with Gasteiger partial charge < -0.3 is 29.3 Å². The van der Waals surface area contributed by atoms with Crippen molar-refractivity contribution in [3.63, 3.8) is 0 Å². The van der Waals surface area contributed by atoms with Crippen LogP contribution in [0.25, 0.3) is 0 Å². The minimum atomic E-state index is -1.16. The first-order chi connectivity index (χ1) is 20.9. The summed E-state index contributed by atoms with van der Waals surface area (Å²) in [6.45, 7) is 7.59. The maximum atomic E-state index is 14.2. The average molecular weight is 663 g/mol. The molecule has 0 aromatic heterocycles. The molecule has 0 unspecified atom stereocenters. The first-order valence-corrected chi connectivity index (χ1v) is 15.0. The third kappa shape index (κ3) is 9.33. The predicted molar refractivity (Wildman–Crippen MR) is 177 cm³/mol. The number of amides is 2. The molecule has 2 amide bonds. The zero-order valence-corrected chi connectivity index (χ0v) is 28.1. The molecule has 244 valence electrons. The molecule has 3 aromatic carbocycles. The highest BCUT2D eigenvalue weighted by Crippen LogP contribution is 2.45. The van der Waals surface area contributed by atoms with E-state index in [-0.39, 0.29) is 36.7 Å². The largest absolute Gasteiger partial charge is 0.492 e. The second-order valence-electron chi connectivity index (χ2n) is 12.3. The highest BCUT2D eigenvalue weighted by atomic mass is 35.5. The number of rotatable bonds is 11. The van der Waals surface area contributed by atoms with Crippen molar-refractivity contribution in [2.45, 2.75) is 45.9 Å². The summed E-state index contributed by atoms with van der Waals surface area (Å²) in [5.41, 5.74) is 1.99. The van der Waals surface area contributed by atoms with Crippen molar-refractivity contribution in [3.8, 4) is 11.5 Å². The van der Waals surface area contributed by atoms with E-state index in [4.69, 9.17) is 25.8 Å². The number of carbonyl (C=O) groups is 2. The van der Waals surface area contributed by atoms with Gasteiger partial charge in [0.05, 0.1) is 13.5 Å². The monoisotopic (exact) mass is 661 g/mol. The summed E-state index contributed by atoms with van der Waals surface area (Å²) in [7, 11) is 5.48. The lowest BCUT2D eigenvalue weighted by molar-refractivity contribution is -0.138. The van der Waals surface area contributed by atoms with Crippen LogP contribution >= 0.6 is 24.0 Å². The minimum Gasteiger partial charge on any atom is -0.492 e. The summed E-state index contributed by atoms with van der Waals surface area (Å²) in [6, 6.07) is 17.1. The number of halogens is 3. The van der Waals surface area contributed by atoms with Crippen LogP contribution in [0.4, 0.5) is 10.1 Å². The van der Waals surface area contributed by atoms with Crippen molar-refractivity contribution in [2.75, 3.05) is 45.8 Å². The van der Waals surface area contributed by atoms with Crippen molar-refractivity contribution in [1.82, 2.24) is 10.2 Å². The summed E-state index contributed by atoms with van der Waals surface area (Å²) in [4.78, 5) is 31.1. The molecule has 1 N–H and O–H groups in total. The van der Waals surface area contributed by atoms with Gasteiger partial charge in [-0.1, -0.05) is 62.7 Å². The van der Waals surface area contributed by atoms with E-state index in [1.807, 2.05) is 64.0 Å². The average Bonchev–Trinajstić information content (AvgIpc) is 3.06. The predicted octanol–water partition coefficient (Wildman–Crippen LogP) is 6.42. The second kappa shape index (κ2) is 15.8. The molecule has 0 fully saturated rings. The van der Waals surface area contributed by atoms with Gasteiger partial charge in [-0.25, -0.2) is 4.39 Å². The number of hydrogen-bond donors (Lipinski definition) is 1. The maximum absolute atomic E-state index is 14.2. The van der Waals surface area contributed by atoms with Crippen LogP contribution in [0.2, 0.25) is 5.02 Å². The molecule has 0 saturated carbocycles. The minimum absolute atomic E-state index is 0. The van der Waals surface area contributed by atoms with E-state index in [0.29, 0.717) is 58.6 Å². The van der Waals surface area contributed by atoms with E-state index < -0.39 is 23.9 Å². The van der Waals surface area contributed by atoms with Crippen LogP contribution in [-0.2, 0) is 20.9 Å². The van der Waals surface area contributed by atoms with Crippen LogP contribution in [0, 0.1) is 11.2 Å². The number of carbonyl (C=O) groups excluding carboxylic acids is 2. The number of methoxy groups -OCH3 is 1. The SMILES string of the molecule is COc1c(OCCN(C)C)cccc1[C@@H]1O[C@@H](CC(=O)NCc2ccccc2F)C(=O)N(CC(C)(C)C)c2ccc(Cl)cc21.Cl. The maximum Gasteiger partial charge on any atom is 0.256 e. The molecule has 0 saturated heterocycles. The Balaban J connectivity index is 0.00000552. The lowest BCUT2D eigenvalue weighted by Gasteiger charge is -2.31. The van der Waals surface area contributed by atoms with Crippen molar-refractivity contribution < 1.29 is 28.2 Å². The van der Waals surface area contributed by atoms with Crippen LogP contribution in [0.5, 0.6) is 11.5 Å². The first-order valence-electron chi connectivity index (χ1n) is 14.6. The van der Waals surface area contributed by atoms with Crippen LogP contribution in [0.15, 0.2) is 60.7 Å². The quantitative estimate of drug-likeness (QED) is 0.255. The van der Waals surface area contributed by atoms with Crippen LogP contribution in [0.1, 0.15) is 50.0 Å². The number of nitrogens with zero attached hydrogens (tertiary/aromatic N) is 2. The Labute approximate surface area is 276 Å². The molecule has 1 aliphatic rings. The molecule has 0 radical (unpaired) electrons. The first kappa shape index (κ1) is 36.1. The Morgan fingerprint density at radius 1 is 1.09 bits per heavy atom. The zero-order valence-electron chi connectivity index (χ0n) is 26.6. The summed E-state index contributed by atoms with van der Waals surface area (Å²) in [5, 5.41) is 3.21. The lowest BCUT2D eigenvalue weighted by atomic mass is 9.94. The molecule has 3 aromatic rings. The fourth-order valence-electron chi connectivity index (χ4n) is 5.07. The molecule has 11 heteroatoms. The third-order valence-electron chi connectivity index (χ3n) is 7.13. The van der Waals surface area contributed by atoms with Gasteiger partial charge in [0.25, 0.3) is 5.91 Å². The van der Waals surface area contributed by atoms with Crippen molar-refractivity contribution in [3.05, 3.63) is 88.2 Å². The molecule has 0 spiro atoms. The Bertz CT molecular complexity index is 1480. The van der Waals surface area contributed by atoms with Gasteiger partial charge >= 0.3 is 0 Å².